The number of aliphatic carboxylic acids is 1. The molecule has 0 bridgehead atoms. The molecule has 0 aliphatic carbocycles. The zero-order chi connectivity index (χ0) is 17.3. The molecule has 2 aromatic rings. The van der Waals surface area contributed by atoms with Crippen LogP contribution in [0.4, 0.5) is 0 Å². The van der Waals surface area contributed by atoms with Crippen molar-refractivity contribution in [2.75, 3.05) is 13.2 Å². The number of aromatic nitrogens is 2. The average Bonchev–Trinajstić information content (AvgIpc) is 3.16. The number of hydrogen-bond donors (Lipinski definition) is 2. The summed E-state index contributed by atoms with van der Waals surface area (Å²) >= 11 is 5.86. The van der Waals surface area contributed by atoms with Gasteiger partial charge in [-0.1, -0.05) is 11.6 Å². The average molecular weight is 350 g/mol. The van der Waals surface area contributed by atoms with Gasteiger partial charge in [0.1, 0.15) is 0 Å². The van der Waals surface area contributed by atoms with Crippen LogP contribution in [0.25, 0.3) is 5.69 Å². The molecule has 8 heteroatoms. The molecule has 1 fully saturated rings. The van der Waals surface area contributed by atoms with Gasteiger partial charge in [-0.05, 0) is 31.2 Å². The zero-order valence-electron chi connectivity index (χ0n) is 13.0. The lowest BCUT2D eigenvalue weighted by Crippen LogP contribution is -2.55. The molecule has 126 valence electrons. The van der Waals surface area contributed by atoms with Gasteiger partial charge in [0.2, 0.25) is 0 Å². The van der Waals surface area contributed by atoms with E-state index >= 15 is 0 Å². The Morgan fingerprint density at radius 2 is 2.08 bits per heavy atom. The number of aryl methyl sites for hydroxylation is 1. The molecule has 2 heterocycles. The van der Waals surface area contributed by atoms with Crippen LogP contribution in [0.5, 0.6) is 0 Å². The Labute approximate surface area is 143 Å². The molecule has 1 saturated heterocycles. The number of nitrogens with one attached hydrogen (secondary N) is 1. The van der Waals surface area contributed by atoms with E-state index in [9.17, 15) is 14.7 Å². The van der Waals surface area contributed by atoms with E-state index in [-0.39, 0.29) is 13.0 Å². The van der Waals surface area contributed by atoms with Crippen molar-refractivity contribution in [1.29, 1.82) is 0 Å². The number of halogens is 1. The number of hydrogen-bond acceptors (Lipinski definition) is 4. The first-order valence-electron chi connectivity index (χ1n) is 7.37. The molecule has 0 spiro atoms. The molecule has 1 aromatic heterocycles. The maximum Gasteiger partial charge on any atom is 0.331 e. The van der Waals surface area contributed by atoms with Crippen LogP contribution >= 0.6 is 11.6 Å². The van der Waals surface area contributed by atoms with Crippen molar-refractivity contribution < 1.29 is 19.4 Å². The fraction of sp³-hybridized carbons (Fsp3) is 0.312. The number of ether oxygens (including phenoxy) is 1. The van der Waals surface area contributed by atoms with E-state index in [1.165, 1.54) is 0 Å². The number of carboxylic acids is 1. The zero-order valence-corrected chi connectivity index (χ0v) is 13.7. The Morgan fingerprint density at radius 3 is 2.67 bits per heavy atom. The van der Waals surface area contributed by atoms with E-state index in [1.54, 1.807) is 42.1 Å². The second kappa shape index (κ2) is 6.26. The number of carbonyl (C=O) groups is 2. The van der Waals surface area contributed by atoms with E-state index in [1.807, 2.05) is 0 Å². The topological polar surface area (TPSA) is 93.5 Å². The van der Waals surface area contributed by atoms with Crippen molar-refractivity contribution in [3.8, 4) is 5.69 Å². The Balaban J connectivity index is 1.85. The van der Waals surface area contributed by atoms with Gasteiger partial charge in [-0.25, -0.2) is 9.48 Å². The summed E-state index contributed by atoms with van der Waals surface area (Å²) in [6, 6.07) is 7.01. The van der Waals surface area contributed by atoms with Gasteiger partial charge in [0.05, 0.1) is 23.6 Å². The second-order valence-corrected chi connectivity index (χ2v) is 6.13. The van der Waals surface area contributed by atoms with E-state index in [0.29, 0.717) is 22.9 Å². The predicted molar refractivity (Wildman–Crippen MR) is 86.6 cm³/mol. The highest BCUT2D eigenvalue weighted by molar-refractivity contribution is 6.30. The fourth-order valence-corrected chi connectivity index (χ4v) is 2.71. The summed E-state index contributed by atoms with van der Waals surface area (Å²) in [5, 5.41) is 16.9. The van der Waals surface area contributed by atoms with Crippen molar-refractivity contribution in [3.05, 3.63) is 46.7 Å². The molecule has 7 nitrogen and oxygen atoms in total. The third kappa shape index (κ3) is 3.00. The summed E-state index contributed by atoms with van der Waals surface area (Å²) in [7, 11) is 0. The third-order valence-electron chi connectivity index (χ3n) is 4.02. The van der Waals surface area contributed by atoms with Gasteiger partial charge >= 0.3 is 5.97 Å². The second-order valence-electron chi connectivity index (χ2n) is 5.69. The van der Waals surface area contributed by atoms with E-state index in [2.05, 4.69) is 10.4 Å². The molecule has 0 saturated carbocycles. The van der Waals surface area contributed by atoms with Crippen LogP contribution in [0.1, 0.15) is 22.5 Å². The minimum absolute atomic E-state index is 0.0432. The van der Waals surface area contributed by atoms with Gasteiger partial charge in [0.15, 0.2) is 5.54 Å². The lowest BCUT2D eigenvalue weighted by molar-refractivity contribution is -0.144. The normalized spacial score (nSPS) is 20.1. The van der Waals surface area contributed by atoms with Gasteiger partial charge in [-0.15, -0.1) is 0 Å². The largest absolute Gasteiger partial charge is 0.479 e. The van der Waals surface area contributed by atoms with Crippen molar-refractivity contribution in [3.63, 3.8) is 0 Å². The maximum atomic E-state index is 12.5. The molecule has 1 unspecified atom stereocenters. The SMILES string of the molecule is Cc1nn(-c2ccc(Cl)cc2)cc1C(=O)NC1(C(=O)O)CCOC1. The van der Waals surface area contributed by atoms with Crippen molar-refractivity contribution in [1.82, 2.24) is 15.1 Å². The number of benzene rings is 1. The minimum Gasteiger partial charge on any atom is -0.479 e. The van der Waals surface area contributed by atoms with Crippen LogP contribution in [0.15, 0.2) is 30.5 Å². The molecule has 1 amide bonds. The first-order chi connectivity index (χ1) is 11.4. The van der Waals surface area contributed by atoms with Crippen LogP contribution in [-0.4, -0.2) is 45.5 Å². The summed E-state index contributed by atoms with van der Waals surface area (Å²) in [4.78, 5) is 24.0. The van der Waals surface area contributed by atoms with Gasteiger partial charge in [-0.3, -0.25) is 4.79 Å². The number of rotatable bonds is 4. The van der Waals surface area contributed by atoms with Crippen LogP contribution < -0.4 is 5.32 Å². The van der Waals surface area contributed by atoms with Crippen LogP contribution in [0, 0.1) is 6.92 Å². The van der Waals surface area contributed by atoms with Crippen molar-refractivity contribution >= 4 is 23.5 Å². The first kappa shape index (κ1) is 16.5. The minimum atomic E-state index is -1.38. The summed E-state index contributed by atoms with van der Waals surface area (Å²) in [5.74, 6) is -1.59. The monoisotopic (exact) mass is 349 g/mol. The highest BCUT2D eigenvalue weighted by Gasteiger charge is 2.44. The smallest absolute Gasteiger partial charge is 0.331 e. The number of nitrogens with zero attached hydrogens (tertiary/aromatic N) is 2. The van der Waals surface area contributed by atoms with E-state index in [4.69, 9.17) is 16.3 Å². The quantitative estimate of drug-likeness (QED) is 0.878. The van der Waals surface area contributed by atoms with Crippen molar-refractivity contribution in [2.45, 2.75) is 18.9 Å². The molecule has 1 aliphatic heterocycles. The van der Waals surface area contributed by atoms with E-state index < -0.39 is 17.4 Å². The molecule has 1 aliphatic rings. The highest BCUT2D eigenvalue weighted by atomic mass is 35.5. The molecular formula is C16H16ClN3O4. The fourth-order valence-electron chi connectivity index (χ4n) is 2.58. The van der Waals surface area contributed by atoms with Gasteiger partial charge < -0.3 is 15.2 Å². The lowest BCUT2D eigenvalue weighted by atomic mass is 9.98. The maximum absolute atomic E-state index is 12.5. The summed E-state index contributed by atoms with van der Waals surface area (Å²) < 4.78 is 6.70. The van der Waals surface area contributed by atoms with Gasteiger partial charge in [0.25, 0.3) is 5.91 Å². The Hall–Kier alpha value is -2.38. The van der Waals surface area contributed by atoms with Gasteiger partial charge in [-0.2, -0.15) is 5.10 Å². The molecule has 0 radical (unpaired) electrons. The van der Waals surface area contributed by atoms with E-state index in [0.717, 1.165) is 5.69 Å². The molecule has 3 rings (SSSR count). The summed E-state index contributed by atoms with van der Waals surface area (Å²) in [5.41, 5.74) is 0.185. The summed E-state index contributed by atoms with van der Waals surface area (Å²) in [6.45, 7) is 1.95. The number of amides is 1. The molecule has 1 atom stereocenters. The lowest BCUT2D eigenvalue weighted by Gasteiger charge is -2.23. The third-order valence-corrected chi connectivity index (χ3v) is 4.27. The van der Waals surface area contributed by atoms with Crippen LogP contribution in [0.2, 0.25) is 5.02 Å². The number of carbonyl (C=O) groups excluding carboxylic acids is 1. The standard InChI is InChI=1S/C16H16ClN3O4/c1-10-13(8-20(19-10)12-4-2-11(17)3-5-12)14(21)18-16(15(22)23)6-7-24-9-16/h2-5,8H,6-7,9H2,1H3,(H,18,21)(H,22,23). The highest BCUT2D eigenvalue weighted by Crippen LogP contribution is 2.21. The Morgan fingerprint density at radius 1 is 1.38 bits per heavy atom. The molecule has 1 aromatic carbocycles. The Bertz CT molecular complexity index is 779. The Kier molecular flexibility index (Phi) is 4.29. The number of carboxylic acid groups (broad SMARTS) is 1. The van der Waals surface area contributed by atoms with Gasteiger partial charge in [0, 0.05) is 24.2 Å². The molecule has 2 N–H and O–H groups in total. The first-order valence-corrected chi connectivity index (χ1v) is 7.75. The summed E-state index contributed by atoms with van der Waals surface area (Å²) in [6.07, 6.45) is 1.80. The predicted octanol–water partition coefficient (Wildman–Crippen LogP) is 1.81. The molecule has 24 heavy (non-hydrogen) atoms. The van der Waals surface area contributed by atoms with Crippen LogP contribution in [-0.2, 0) is 9.53 Å². The molecular weight excluding hydrogens is 334 g/mol. The van der Waals surface area contributed by atoms with Crippen LogP contribution in [0.3, 0.4) is 0 Å². The van der Waals surface area contributed by atoms with Crippen molar-refractivity contribution in [2.24, 2.45) is 0 Å².